The molecule has 2 heterocycles. The second-order valence-electron chi connectivity index (χ2n) is 6.98. The highest BCUT2D eigenvalue weighted by atomic mass is 32.2. The minimum atomic E-state index is -0.0991. The molecule has 0 radical (unpaired) electrons. The molecule has 2 aromatic heterocycles. The van der Waals surface area contributed by atoms with E-state index >= 15 is 0 Å². The van der Waals surface area contributed by atoms with Gasteiger partial charge >= 0.3 is 0 Å². The lowest BCUT2D eigenvalue weighted by atomic mass is 10.1. The molecule has 4 aromatic rings. The van der Waals surface area contributed by atoms with Crippen LogP contribution in [-0.2, 0) is 17.9 Å². The van der Waals surface area contributed by atoms with Gasteiger partial charge in [0.2, 0.25) is 5.91 Å². The van der Waals surface area contributed by atoms with Crippen molar-refractivity contribution in [1.29, 1.82) is 0 Å². The Hall–Kier alpha value is -2.97. The largest absolute Gasteiger partial charge is 0.351 e. The van der Waals surface area contributed by atoms with E-state index in [1.165, 1.54) is 23.3 Å². The molecule has 6 nitrogen and oxygen atoms in total. The van der Waals surface area contributed by atoms with Crippen LogP contribution in [-0.4, -0.2) is 25.6 Å². The number of thioether (sulfide) groups is 1. The average molecular weight is 451 g/mol. The van der Waals surface area contributed by atoms with Gasteiger partial charge in [-0.1, -0.05) is 79.3 Å². The lowest BCUT2D eigenvalue weighted by Crippen LogP contribution is -2.26. The summed E-state index contributed by atoms with van der Waals surface area (Å²) in [6, 6.07) is 19.5. The Bertz CT molecular complexity index is 1240. The predicted octanol–water partition coefficient (Wildman–Crippen LogP) is 4.34. The van der Waals surface area contributed by atoms with Gasteiger partial charge < -0.3 is 5.32 Å². The molecule has 0 aliphatic rings. The number of fused-ring (bicyclic) bond motifs is 1. The van der Waals surface area contributed by atoms with Crippen LogP contribution in [0, 0.1) is 0 Å². The van der Waals surface area contributed by atoms with Crippen LogP contribution in [0.5, 0.6) is 0 Å². The van der Waals surface area contributed by atoms with Crippen molar-refractivity contribution in [3.05, 3.63) is 76.6 Å². The van der Waals surface area contributed by atoms with Crippen molar-refractivity contribution in [2.75, 3.05) is 5.75 Å². The zero-order chi connectivity index (χ0) is 21.6. The first-order valence-corrected chi connectivity index (χ1v) is 11.8. The van der Waals surface area contributed by atoms with E-state index in [1.807, 2.05) is 67.6 Å². The number of rotatable bonds is 8. The van der Waals surface area contributed by atoms with E-state index in [0.29, 0.717) is 34.2 Å². The summed E-state index contributed by atoms with van der Waals surface area (Å²) in [5, 5.41) is 3.47. The molecule has 0 fully saturated rings. The van der Waals surface area contributed by atoms with Crippen molar-refractivity contribution in [3.63, 3.8) is 0 Å². The monoisotopic (exact) mass is 450 g/mol. The number of nitrogens with one attached hydrogen (secondary N) is 1. The molecule has 0 saturated heterocycles. The first kappa shape index (κ1) is 21.3. The molecule has 0 aliphatic heterocycles. The summed E-state index contributed by atoms with van der Waals surface area (Å²) in [5.41, 5.74) is 3.17. The fourth-order valence-corrected chi connectivity index (χ4v) is 4.83. The molecule has 4 rings (SSSR count). The molecule has 0 saturated carbocycles. The van der Waals surface area contributed by atoms with Gasteiger partial charge in [0.25, 0.3) is 5.56 Å². The Kier molecular flexibility index (Phi) is 6.79. The van der Waals surface area contributed by atoms with Crippen molar-refractivity contribution in [2.24, 2.45) is 0 Å². The van der Waals surface area contributed by atoms with E-state index in [2.05, 4.69) is 9.69 Å². The Labute approximate surface area is 188 Å². The molecule has 0 bridgehead atoms. The minimum Gasteiger partial charge on any atom is -0.351 e. The molecule has 0 aliphatic carbocycles. The topological polar surface area (TPSA) is 76.9 Å². The first-order chi connectivity index (χ1) is 15.2. The van der Waals surface area contributed by atoms with Gasteiger partial charge in [-0.2, -0.15) is 4.37 Å². The number of aromatic nitrogens is 3. The second-order valence-corrected chi connectivity index (χ2v) is 8.69. The molecule has 0 atom stereocenters. The van der Waals surface area contributed by atoms with Crippen LogP contribution in [0.4, 0.5) is 0 Å². The van der Waals surface area contributed by atoms with Crippen LogP contribution >= 0.6 is 23.3 Å². The highest BCUT2D eigenvalue weighted by Crippen LogP contribution is 2.29. The molecule has 158 valence electrons. The summed E-state index contributed by atoms with van der Waals surface area (Å²) in [5.74, 6) is 0.0881. The van der Waals surface area contributed by atoms with Crippen molar-refractivity contribution < 1.29 is 4.79 Å². The second kappa shape index (κ2) is 9.89. The quantitative estimate of drug-likeness (QED) is 0.319. The van der Waals surface area contributed by atoms with E-state index in [0.717, 1.165) is 17.5 Å². The Morgan fingerprint density at radius 3 is 2.52 bits per heavy atom. The number of hydrogen-bond donors (Lipinski definition) is 1. The smallest absolute Gasteiger partial charge is 0.273 e. The SMILES string of the molecule is CCCn1c(SCC(=O)NCc2ccccc2)nc2c(-c3ccccc3)nsc2c1=O. The standard InChI is InChI=1S/C23H22N4O2S2/c1-2-13-27-22(29)21-20(19(26-31-21)17-11-7-4-8-12-17)25-23(27)30-15-18(28)24-14-16-9-5-3-6-10-16/h3-12H,2,13-15H2,1H3,(H,24,28). The van der Waals surface area contributed by atoms with Crippen LogP contribution < -0.4 is 10.9 Å². The lowest BCUT2D eigenvalue weighted by molar-refractivity contribution is -0.118. The van der Waals surface area contributed by atoms with Crippen LogP contribution in [0.3, 0.4) is 0 Å². The maximum Gasteiger partial charge on any atom is 0.273 e. The molecule has 0 spiro atoms. The number of carbonyl (C=O) groups excluding carboxylic acids is 1. The van der Waals surface area contributed by atoms with Gasteiger partial charge in [-0.3, -0.25) is 14.2 Å². The van der Waals surface area contributed by atoms with Gasteiger partial charge in [-0.25, -0.2) is 4.98 Å². The molecular weight excluding hydrogens is 428 g/mol. The van der Waals surface area contributed by atoms with Crippen molar-refractivity contribution in [1.82, 2.24) is 19.2 Å². The summed E-state index contributed by atoms with van der Waals surface area (Å²) in [4.78, 5) is 30.3. The Morgan fingerprint density at radius 2 is 1.81 bits per heavy atom. The highest BCUT2D eigenvalue weighted by Gasteiger charge is 2.18. The van der Waals surface area contributed by atoms with Gasteiger partial charge in [0.05, 0.1) is 5.75 Å². The molecule has 0 unspecified atom stereocenters. The number of amides is 1. The van der Waals surface area contributed by atoms with Crippen molar-refractivity contribution in [3.8, 4) is 11.3 Å². The maximum absolute atomic E-state index is 13.1. The van der Waals surface area contributed by atoms with Crippen LogP contribution in [0.25, 0.3) is 21.5 Å². The fraction of sp³-hybridized carbons (Fsp3) is 0.217. The molecule has 1 amide bonds. The van der Waals surface area contributed by atoms with E-state index in [4.69, 9.17) is 4.98 Å². The molecule has 2 aromatic carbocycles. The van der Waals surface area contributed by atoms with E-state index in [-0.39, 0.29) is 17.2 Å². The van der Waals surface area contributed by atoms with Crippen LogP contribution in [0.15, 0.2) is 70.6 Å². The zero-order valence-electron chi connectivity index (χ0n) is 17.1. The van der Waals surface area contributed by atoms with E-state index in [1.54, 1.807) is 4.57 Å². The van der Waals surface area contributed by atoms with E-state index < -0.39 is 0 Å². The third-order valence-electron chi connectivity index (χ3n) is 4.70. The molecule has 31 heavy (non-hydrogen) atoms. The van der Waals surface area contributed by atoms with Crippen LogP contribution in [0.1, 0.15) is 18.9 Å². The molecule has 1 N–H and O–H groups in total. The van der Waals surface area contributed by atoms with Crippen molar-refractivity contribution in [2.45, 2.75) is 31.6 Å². The van der Waals surface area contributed by atoms with Gasteiger partial charge in [-0.15, -0.1) is 0 Å². The maximum atomic E-state index is 13.1. The molecule has 8 heteroatoms. The third kappa shape index (κ3) is 4.86. The number of benzene rings is 2. The van der Waals surface area contributed by atoms with Gasteiger partial charge in [0, 0.05) is 18.7 Å². The lowest BCUT2D eigenvalue weighted by Gasteiger charge is -2.11. The summed E-state index contributed by atoms with van der Waals surface area (Å²) >= 11 is 2.46. The third-order valence-corrected chi connectivity index (χ3v) is 6.51. The summed E-state index contributed by atoms with van der Waals surface area (Å²) in [6.45, 7) is 3.04. The highest BCUT2D eigenvalue weighted by molar-refractivity contribution is 7.99. The van der Waals surface area contributed by atoms with Gasteiger partial charge in [-0.05, 0) is 23.5 Å². The zero-order valence-corrected chi connectivity index (χ0v) is 18.7. The summed E-state index contributed by atoms with van der Waals surface area (Å²) < 4.78 is 6.71. The summed E-state index contributed by atoms with van der Waals surface area (Å²) in [7, 11) is 0. The number of nitrogens with zero attached hydrogens (tertiary/aromatic N) is 3. The molecular formula is C23H22N4O2S2. The average Bonchev–Trinajstić information content (AvgIpc) is 3.24. The number of hydrogen-bond acceptors (Lipinski definition) is 6. The van der Waals surface area contributed by atoms with E-state index in [9.17, 15) is 9.59 Å². The minimum absolute atomic E-state index is 0.0984. The number of carbonyl (C=O) groups is 1. The summed E-state index contributed by atoms with van der Waals surface area (Å²) in [6.07, 6.45) is 0.797. The van der Waals surface area contributed by atoms with Crippen LogP contribution in [0.2, 0.25) is 0 Å². The normalized spacial score (nSPS) is 11.0. The fourth-order valence-electron chi connectivity index (χ4n) is 3.19. The Balaban J connectivity index is 1.58. The van der Waals surface area contributed by atoms with Gasteiger partial charge in [0.1, 0.15) is 15.9 Å². The van der Waals surface area contributed by atoms with Gasteiger partial charge in [0.15, 0.2) is 5.16 Å². The predicted molar refractivity (Wildman–Crippen MR) is 126 cm³/mol. The Morgan fingerprint density at radius 1 is 1.10 bits per heavy atom. The van der Waals surface area contributed by atoms with Crippen molar-refractivity contribution >= 4 is 39.4 Å². The first-order valence-electron chi connectivity index (χ1n) is 10.1.